The van der Waals surface area contributed by atoms with E-state index in [9.17, 15) is 0 Å². The normalized spacial score (nSPS) is 10.8. The fourth-order valence-corrected chi connectivity index (χ4v) is 2.36. The largest absolute Gasteiger partial charge is 0.452 e. The van der Waals surface area contributed by atoms with Crippen LogP contribution in [0.2, 0.25) is 0 Å². The quantitative estimate of drug-likeness (QED) is 0.772. The number of benzene rings is 1. The summed E-state index contributed by atoms with van der Waals surface area (Å²) < 4.78 is 6.22. The van der Waals surface area contributed by atoms with E-state index in [-0.39, 0.29) is 0 Å². The number of hydrogen-bond donors (Lipinski definition) is 1. The number of para-hydroxylation sites is 1. The number of halogens is 1. The third kappa shape index (κ3) is 2.63. The molecule has 0 atom stereocenters. The Morgan fingerprint density at radius 3 is 2.84 bits per heavy atom. The minimum Gasteiger partial charge on any atom is -0.452 e. The molecule has 0 bridgehead atoms. The molecule has 0 amide bonds. The van der Waals surface area contributed by atoms with Gasteiger partial charge in [-0.25, -0.2) is 0 Å². The highest BCUT2D eigenvalue weighted by molar-refractivity contribution is 9.10. The first-order chi connectivity index (χ1) is 9.22. The highest BCUT2D eigenvalue weighted by Crippen LogP contribution is 2.23. The number of nitrogens with zero attached hydrogens (tertiary/aromatic N) is 1. The zero-order valence-electron chi connectivity index (χ0n) is 10.5. The van der Waals surface area contributed by atoms with Crippen molar-refractivity contribution in [2.45, 2.75) is 13.5 Å². The van der Waals surface area contributed by atoms with Gasteiger partial charge in [-0.3, -0.25) is 4.98 Å². The smallest absolute Gasteiger partial charge is 0.169 e. The summed E-state index contributed by atoms with van der Waals surface area (Å²) in [6.45, 7) is 2.64. The molecule has 0 aliphatic carbocycles. The maximum atomic E-state index is 5.47. The number of nitrogens with one attached hydrogen (secondary N) is 1. The van der Waals surface area contributed by atoms with E-state index in [1.165, 1.54) is 0 Å². The van der Waals surface area contributed by atoms with Crippen molar-refractivity contribution in [2.24, 2.45) is 0 Å². The summed E-state index contributed by atoms with van der Waals surface area (Å²) in [5, 5.41) is 4.50. The van der Waals surface area contributed by atoms with Crippen molar-refractivity contribution in [1.82, 2.24) is 4.98 Å². The van der Waals surface area contributed by atoms with Crippen LogP contribution in [0.25, 0.3) is 10.9 Å². The Balaban J connectivity index is 1.90. The van der Waals surface area contributed by atoms with E-state index < -0.39 is 0 Å². The van der Waals surface area contributed by atoms with Gasteiger partial charge in [0.2, 0.25) is 0 Å². The number of pyridine rings is 1. The molecule has 0 spiro atoms. The van der Waals surface area contributed by atoms with Crippen molar-refractivity contribution in [3.05, 3.63) is 58.6 Å². The van der Waals surface area contributed by atoms with E-state index in [0.717, 1.165) is 32.7 Å². The molecule has 3 aromatic rings. The average molecular weight is 317 g/mol. The lowest BCUT2D eigenvalue weighted by Gasteiger charge is -2.08. The van der Waals surface area contributed by atoms with E-state index in [4.69, 9.17) is 4.42 Å². The van der Waals surface area contributed by atoms with Gasteiger partial charge >= 0.3 is 0 Å². The van der Waals surface area contributed by atoms with Gasteiger partial charge in [-0.1, -0.05) is 18.2 Å². The molecule has 3 rings (SSSR count). The molecule has 0 saturated heterocycles. The molecule has 1 N–H and O–H groups in total. The molecule has 3 nitrogen and oxygen atoms in total. The van der Waals surface area contributed by atoms with Gasteiger partial charge in [0.05, 0.1) is 17.7 Å². The van der Waals surface area contributed by atoms with Gasteiger partial charge in [0, 0.05) is 11.1 Å². The van der Waals surface area contributed by atoms with Crippen LogP contribution in [0, 0.1) is 6.92 Å². The standard InChI is InChI=1S/C15H13BrN2O/c1-10-5-6-11-3-2-4-13(15(11)18-10)17-9-12-7-8-14(16)19-12/h2-8,17H,9H2,1H3. The van der Waals surface area contributed by atoms with Crippen LogP contribution in [0.5, 0.6) is 0 Å². The second kappa shape index (κ2) is 5.05. The van der Waals surface area contributed by atoms with E-state index in [0.29, 0.717) is 6.54 Å². The molecule has 19 heavy (non-hydrogen) atoms. The molecular formula is C15H13BrN2O. The number of rotatable bonds is 3. The Morgan fingerprint density at radius 2 is 2.05 bits per heavy atom. The minimum atomic E-state index is 0.639. The van der Waals surface area contributed by atoms with Gasteiger partial charge < -0.3 is 9.73 Å². The lowest BCUT2D eigenvalue weighted by molar-refractivity contribution is 0.495. The molecule has 0 aliphatic heterocycles. The maximum Gasteiger partial charge on any atom is 0.169 e. The summed E-state index contributed by atoms with van der Waals surface area (Å²) in [5.74, 6) is 0.886. The molecule has 0 fully saturated rings. The Hall–Kier alpha value is -1.81. The van der Waals surface area contributed by atoms with E-state index in [1.807, 2.05) is 37.3 Å². The van der Waals surface area contributed by atoms with Crippen molar-refractivity contribution in [3.63, 3.8) is 0 Å². The Labute approximate surface area is 119 Å². The molecule has 96 valence electrons. The lowest BCUT2D eigenvalue weighted by Crippen LogP contribution is -1.99. The van der Waals surface area contributed by atoms with Crippen molar-refractivity contribution in [3.8, 4) is 0 Å². The van der Waals surface area contributed by atoms with Crippen molar-refractivity contribution in [1.29, 1.82) is 0 Å². The number of anilines is 1. The summed E-state index contributed by atoms with van der Waals surface area (Å²) in [6, 6.07) is 14.1. The topological polar surface area (TPSA) is 38.1 Å². The fraction of sp³-hybridized carbons (Fsp3) is 0.133. The van der Waals surface area contributed by atoms with Gasteiger partial charge in [0.1, 0.15) is 5.76 Å². The summed E-state index contributed by atoms with van der Waals surface area (Å²) in [5.41, 5.74) is 3.03. The van der Waals surface area contributed by atoms with Crippen molar-refractivity contribution in [2.75, 3.05) is 5.32 Å². The number of aryl methyl sites for hydroxylation is 1. The second-order valence-corrected chi connectivity index (χ2v) is 5.17. The van der Waals surface area contributed by atoms with Crippen LogP contribution in [0.3, 0.4) is 0 Å². The van der Waals surface area contributed by atoms with Crippen molar-refractivity contribution < 1.29 is 4.42 Å². The Bertz CT molecular complexity index is 721. The monoisotopic (exact) mass is 316 g/mol. The van der Waals surface area contributed by atoms with Gasteiger partial charge in [-0.05, 0) is 47.1 Å². The fourth-order valence-electron chi connectivity index (χ4n) is 2.02. The van der Waals surface area contributed by atoms with Crippen LogP contribution in [-0.2, 0) is 6.54 Å². The van der Waals surface area contributed by atoms with E-state index in [2.05, 4.69) is 38.4 Å². The first-order valence-corrected chi connectivity index (χ1v) is 6.86. The third-order valence-corrected chi connectivity index (χ3v) is 3.37. The molecule has 0 aliphatic rings. The lowest BCUT2D eigenvalue weighted by atomic mass is 10.1. The predicted octanol–water partition coefficient (Wildman–Crippen LogP) is 4.51. The molecule has 0 saturated carbocycles. The predicted molar refractivity (Wildman–Crippen MR) is 80.2 cm³/mol. The van der Waals surface area contributed by atoms with Gasteiger partial charge in [0.25, 0.3) is 0 Å². The van der Waals surface area contributed by atoms with Gasteiger partial charge in [-0.15, -0.1) is 0 Å². The highest BCUT2D eigenvalue weighted by atomic mass is 79.9. The average Bonchev–Trinajstić information content (AvgIpc) is 2.82. The van der Waals surface area contributed by atoms with Crippen molar-refractivity contribution >= 4 is 32.5 Å². The summed E-state index contributed by atoms with van der Waals surface area (Å²) in [6.07, 6.45) is 0. The van der Waals surface area contributed by atoms with Crippen LogP contribution in [0.1, 0.15) is 11.5 Å². The second-order valence-electron chi connectivity index (χ2n) is 4.39. The number of hydrogen-bond acceptors (Lipinski definition) is 3. The summed E-state index contributed by atoms with van der Waals surface area (Å²) >= 11 is 3.30. The molecule has 0 unspecified atom stereocenters. The SMILES string of the molecule is Cc1ccc2cccc(NCc3ccc(Br)o3)c2n1. The van der Waals surface area contributed by atoms with Crippen LogP contribution >= 0.6 is 15.9 Å². The number of fused-ring (bicyclic) bond motifs is 1. The number of furan rings is 1. The Kier molecular flexibility index (Phi) is 3.25. The molecular weight excluding hydrogens is 304 g/mol. The first kappa shape index (κ1) is 12.2. The first-order valence-electron chi connectivity index (χ1n) is 6.07. The molecule has 4 heteroatoms. The third-order valence-electron chi connectivity index (χ3n) is 2.94. The Morgan fingerprint density at radius 1 is 1.16 bits per heavy atom. The molecule has 2 heterocycles. The van der Waals surface area contributed by atoms with E-state index in [1.54, 1.807) is 0 Å². The van der Waals surface area contributed by atoms with Crippen LogP contribution in [0.15, 0.2) is 51.6 Å². The van der Waals surface area contributed by atoms with Crippen LogP contribution in [0.4, 0.5) is 5.69 Å². The van der Waals surface area contributed by atoms with Crippen LogP contribution < -0.4 is 5.32 Å². The minimum absolute atomic E-state index is 0.639. The summed E-state index contributed by atoms with van der Waals surface area (Å²) in [7, 11) is 0. The van der Waals surface area contributed by atoms with E-state index >= 15 is 0 Å². The maximum absolute atomic E-state index is 5.47. The van der Waals surface area contributed by atoms with Gasteiger partial charge in [0.15, 0.2) is 4.67 Å². The molecule has 0 radical (unpaired) electrons. The zero-order chi connectivity index (χ0) is 13.2. The van der Waals surface area contributed by atoms with Crippen LogP contribution in [-0.4, -0.2) is 4.98 Å². The number of aromatic nitrogens is 1. The zero-order valence-corrected chi connectivity index (χ0v) is 12.1. The summed E-state index contributed by atoms with van der Waals surface area (Å²) in [4.78, 5) is 4.59. The molecule has 2 aromatic heterocycles. The highest BCUT2D eigenvalue weighted by Gasteiger charge is 2.04. The molecule has 1 aromatic carbocycles. The van der Waals surface area contributed by atoms with Gasteiger partial charge in [-0.2, -0.15) is 0 Å².